The molecule has 0 unspecified atom stereocenters. The molecular weight excluding hydrogens is 454 g/mol. The number of likely N-dealkylation sites (tertiary alicyclic amines) is 1. The molecular formula is C27H31N7O2. The first-order valence-corrected chi connectivity index (χ1v) is 12.8. The summed E-state index contributed by atoms with van der Waals surface area (Å²) >= 11 is 0. The van der Waals surface area contributed by atoms with Gasteiger partial charge < -0.3 is 20.0 Å². The number of benzene rings is 1. The molecule has 3 N–H and O–H groups in total. The Labute approximate surface area is 209 Å². The Bertz CT molecular complexity index is 1380. The van der Waals surface area contributed by atoms with Gasteiger partial charge in [-0.25, -0.2) is 4.98 Å². The van der Waals surface area contributed by atoms with Crippen LogP contribution in [0.1, 0.15) is 66.4 Å². The van der Waals surface area contributed by atoms with E-state index in [0.29, 0.717) is 35.4 Å². The zero-order valence-corrected chi connectivity index (χ0v) is 20.5. The van der Waals surface area contributed by atoms with Crippen molar-refractivity contribution in [2.24, 2.45) is 0 Å². The molecule has 0 bridgehead atoms. The number of fused-ring (bicyclic) bond motifs is 1. The summed E-state index contributed by atoms with van der Waals surface area (Å²) in [6.07, 6.45) is 6.35. The van der Waals surface area contributed by atoms with Gasteiger partial charge in [-0.15, -0.1) is 0 Å². The van der Waals surface area contributed by atoms with Crippen molar-refractivity contribution in [1.82, 2.24) is 25.1 Å². The van der Waals surface area contributed by atoms with Crippen LogP contribution in [0.4, 0.5) is 23.3 Å². The van der Waals surface area contributed by atoms with Gasteiger partial charge in [-0.05, 0) is 82.9 Å². The Hall–Kier alpha value is -3.72. The van der Waals surface area contributed by atoms with Crippen molar-refractivity contribution < 1.29 is 9.21 Å². The molecule has 0 radical (unpaired) electrons. The van der Waals surface area contributed by atoms with Crippen molar-refractivity contribution in [2.45, 2.75) is 51.4 Å². The van der Waals surface area contributed by atoms with Crippen molar-refractivity contribution >= 4 is 40.0 Å². The average molecular weight is 486 g/mol. The normalized spacial score (nSPS) is 16.0. The van der Waals surface area contributed by atoms with E-state index in [-0.39, 0.29) is 5.78 Å². The first kappa shape index (κ1) is 22.7. The molecule has 4 aromatic rings. The summed E-state index contributed by atoms with van der Waals surface area (Å²) in [5, 5.41) is 14.9. The van der Waals surface area contributed by atoms with Crippen molar-refractivity contribution in [2.75, 3.05) is 30.3 Å². The van der Waals surface area contributed by atoms with Crippen LogP contribution in [0.3, 0.4) is 0 Å². The van der Waals surface area contributed by atoms with E-state index in [4.69, 9.17) is 4.42 Å². The summed E-state index contributed by atoms with van der Waals surface area (Å²) in [7, 11) is 0. The van der Waals surface area contributed by atoms with E-state index in [1.165, 1.54) is 31.4 Å². The first-order chi connectivity index (χ1) is 17.6. The molecule has 36 heavy (non-hydrogen) atoms. The minimum absolute atomic E-state index is 0.0563. The van der Waals surface area contributed by atoms with Gasteiger partial charge in [-0.1, -0.05) is 0 Å². The Kier molecular flexibility index (Phi) is 6.14. The fourth-order valence-corrected chi connectivity index (χ4v) is 4.80. The van der Waals surface area contributed by atoms with Crippen molar-refractivity contribution in [3.63, 3.8) is 0 Å². The van der Waals surface area contributed by atoms with E-state index >= 15 is 0 Å². The Morgan fingerprint density at radius 1 is 1.08 bits per heavy atom. The molecule has 1 saturated carbocycles. The highest BCUT2D eigenvalue weighted by molar-refractivity contribution is 5.98. The number of anilines is 4. The second kappa shape index (κ2) is 9.73. The lowest BCUT2D eigenvalue weighted by Crippen LogP contribution is -2.20. The van der Waals surface area contributed by atoms with Crippen LogP contribution in [0.15, 0.2) is 40.8 Å². The van der Waals surface area contributed by atoms with E-state index in [1.54, 1.807) is 0 Å². The maximum atomic E-state index is 12.7. The number of H-pyrrole nitrogens is 1. The summed E-state index contributed by atoms with van der Waals surface area (Å²) in [5.41, 5.74) is 3.52. The number of hydrogen-bond donors (Lipinski definition) is 3. The number of nitrogens with zero attached hydrogens (tertiary/aromatic N) is 4. The van der Waals surface area contributed by atoms with Gasteiger partial charge in [0.25, 0.3) is 0 Å². The SMILES string of the molecule is Cc1cc(Nc2cc(C3CC3)[nH]n2)nc(Nc2ccc3oc(C(=O)CCCN4CCCC4)cc3c2)n1. The van der Waals surface area contributed by atoms with Gasteiger partial charge in [0.15, 0.2) is 17.4 Å². The maximum Gasteiger partial charge on any atom is 0.229 e. The first-order valence-electron chi connectivity index (χ1n) is 12.8. The topological polar surface area (TPSA) is 112 Å². The molecule has 2 fully saturated rings. The molecule has 186 valence electrons. The van der Waals surface area contributed by atoms with Crippen LogP contribution >= 0.6 is 0 Å². The number of aromatic amines is 1. The second-order valence-corrected chi connectivity index (χ2v) is 9.89. The Morgan fingerprint density at radius 2 is 1.94 bits per heavy atom. The van der Waals surface area contributed by atoms with E-state index in [2.05, 4.69) is 35.7 Å². The fourth-order valence-electron chi connectivity index (χ4n) is 4.80. The van der Waals surface area contributed by atoms with Crippen LogP contribution in [0.2, 0.25) is 0 Å². The molecule has 6 rings (SSSR count). The minimum atomic E-state index is 0.0563. The Balaban J connectivity index is 1.11. The number of rotatable bonds is 10. The zero-order chi connectivity index (χ0) is 24.5. The number of ketones is 1. The van der Waals surface area contributed by atoms with Crippen molar-refractivity contribution in [1.29, 1.82) is 0 Å². The number of Topliss-reactive ketones (excluding diaryl/α,β-unsaturated/α-hetero) is 1. The van der Waals surface area contributed by atoms with Crippen molar-refractivity contribution in [3.8, 4) is 0 Å². The molecule has 0 spiro atoms. The monoisotopic (exact) mass is 485 g/mol. The van der Waals surface area contributed by atoms with Crippen LogP contribution in [-0.4, -0.2) is 50.5 Å². The maximum absolute atomic E-state index is 12.7. The van der Waals surface area contributed by atoms with Gasteiger partial charge in [0.1, 0.15) is 11.4 Å². The number of nitrogens with one attached hydrogen (secondary N) is 3. The van der Waals surface area contributed by atoms with Gasteiger partial charge in [-0.2, -0.15) is 10.1 Å². The summed E-state index contributed by atoms with van der Waals surface area (Å²) in [6.45, 7) is 5.22. The van der Waals surface area contributed by atoms with Crippen LogP contribution in [0.5, 0.6) is 0 Å². The van der Waals surface area contributed by atoms with E-state index in [0.717, 1.165) is 48.6 Å². The predicted molar refractivity (Wildman–Crippen MR) is 139 cm³/mol. The van der Waals surface area contributed by atoms with Crippen molar-refractivity contribution in [3.05, 3.63) is 53.5 Å². The third-order valence-corrected chi connectivity index (χ3v) is 6.85. The average Bonchev–Trinajstić information content (AvgIpc) is 3.22. The minimum Gasteiger partial charge on any atom is -0.453 e. The molecule has 1 aliphatic carbocycles. The number of aryl methyl sites for hydroxylation is 1. The van der Waals surface area contributed by atoms with Crippen LogP contribution < -0.4 is 10.6 Å². The zero-order valence-electron chi connectivity index (χ0n) is 20.5. The highest BCUT2D eigenvalue weighted by atomic mass is 16.3. The summed E-state index contributed by atoms with van der Waals surface area (Å²) in [5.74, 6) is 2.99. The largest absolute Gasteiger partial charge is 0.453 e. The fraction of sp³-hybridized carbons (Fsp3) is 0.407. The third kappa shape index (κ3) is 5.26. The van der Waals surface area contributed by atoms with E-state index < -0.39 is 0 Å². The van der Waals surface area contributed by atoms with Gasteiger partial charge in [0, 0.05) is 46.9 Å². The molecule has 0 atom stereocenters. The lowest BCUT2D eigenvalue weighted by molar-refractivity contribution is 0.0951. The molecule has 0 amide bonds. The van der Waals surface area contributed by atoms with Gasteiger partial charge >= 0.3 is 0 Å². The second-order valence-electron chi connectivity index (χ2n) is 9.89. The summed E-state index contributed by atoms with van der Waals surface area (Å²) in [6, 6.07) is 11.5. The van der Waals surface area contributed by atoms with Gasteiger partial charge in [-0.3, -0.25) is 9.89 Å². The number of carbonyl (C=O) groups excluding carboxylic acids is 1. The van der Waals surface area contributed by atoms with Crippen LogP contribution in [0, 0.1) is 6.92 Å². The number of furan rings is 1. The lowest BCUT2D eigenvalue weighted by atomic mass is 10.1. The molecule has 1 saturated heterocycles. The molecule has 3 aromatic heterocycles. The van der Waals surface area contributed by atoms with Crippen LogP contribution in [-0.2, 0) is 0 Å². The number of aromatic nitrogens is 4. The summed E-state index contributed by atoms with van der Waals surface area (Å²) in [4.78, 5) is 24.2. The molecule has 1 aromatic carbocycles. The number of carbonyl (C=O) groups is 1. The quantitative estimate of drug-likeness (QED) is 0.246. The third-order valence-electron chi connectivity index (χ3n) is 6.85. The lowest BCUT2D eigenvalue weighted by Gasteiger charge is -2.13. The summed E-state index contributed by atoms with van der Waals surface area (Å²) < 4.78 is 5.84. The predicted octanol–water partition coefficient (Wildman–Crippen LogP) is 5.68. The number of hydrogen-bond acceptors (Lipinski definition) is 8. The highest BCUT2D eigenvalue weighted by Crippen LogP contribution is 2.39. The van der Waals surface area contributed by atoms with Gasteiger partial charge in [0.05, 0.1) is 0 Å². The van der Waals surface area contributed by atoms with Crippen LogP contribution in [0.25, 0.3) is 11.0 Å². The van der Waals surface area contributed by atoms with E-state index in [9.17, 15) is 4.79 Å². The highest BCUT2D eigenvalue weighted by Gasteiger charge is 2.25. The van der Waals surface area contributed by atoms with Gasteiger partial charge in [0.2, 0.25) is 5.95 Å². The smallest absolute Gasteiger partial charge is 0.229 e. The molecule has 9 nitrogen and oxygen atoms in total. The molecule has 9 heteroatoms. The Morgan fingerprint density at radius 3 is 2.78 bits per heavy atom. The van der Waals surface area contributed by atoms with E-state index in [1.807, 2.05) is 43.3 Å². The molecule has 4 heterocycles. The molecule has 2 aliphatic rings. The standard InChI is InChI=1S/C27H31N7O2/c1-17-13-25(30-26-16-21(32-33-26)18-6-7-18)31-27(28-17)29-20-8-9-23-19(14-20)15-24(36-23)22(35)5-4-12-34-10-2-3-11-34/h8-9,13-16,18H,2-7,10-12H2,1H3,(H3,28,29,30,31,32,33). The molecule has 1 aliphatic heterocycles.